The molecular weight excluding hydrogens is 304 g/mol. The van der Waals surface area contributed by atoms with E-state index in [2.05, 4.69) is 5.32 Å². The second kappa shape index (κ2) is 6.67. The summed E-state index contributed by atoms with van der Waals surface area (Å²) in [6.07, 6.45) is 2.63. The molecule has 2 aliphatic rings. The first kappa shape index (κ1) is 15.3. The lowest BCUT2D eigenvalue weighted by molar-refractivity contribution is -0.132. The summed E-state index contributed by atoms with van der Waals surface area (Å²) in [7, 11) is 0. The second-order valence-corrected chi connectivity index (χ2v) is 6.12. The van der Waals surface area contributed by atoms with Gasteiger partial charge in [0.2, 0.25) is 11.8 Å². The number of rotatable bonds is 4. The first-order valence-electron chi connectivity index (χ1n) is 7.61. The van der Waals surface area contributed by atoms with Crippen molar-refractivity contribution in [1.82, 2.24) is 5.32 Å². The summed E-state index contributed by atoms with van der Waals surface area (Å²) in [6, 6.07) is 7.09. The fourth-order valence-electron chi connectivity index (χ4n) is 2.94. The molecular formula is C16H19ClN2O3. The second-order valence-electron chi connectivity index (χ2n) is 5.69. The van der Waals surface area contributed by atoms with Crippen LogP contribution in [0.3, 0.4) is 0 Å². The molecule has 1 aromatic rings. The van der Waals surface area contributed by atoms with Crippen molar-refractivity contribution in [3.05, 3.63) is 29.3 Å². The van der Waals surface area contributed by atoms with Crippen molar-refractivity contribution >= 4 is 29.1 Å². The van der Waals surface area contributed by atoms with Crippen molar-refractivity contribution in [1.29, 1.82) is 0 Å². The molecule has 0 radical (unpaired) electrons. The lowest BCUT2D eigenvalue weighted by atomic mass is 10.1. The number of anilines is 1. The van der Waals surface area contributed by atoms with E-state index in [1.165, 1.54) is 0 Å². The topological polar surface area (TPSA) is 58.6 Å². The molecule has 22 heavy (non-hydrogen) atoms. The molecule has 2 saturated heterocycles. The Labute approximate surface area is 134 Å². The third-order valence-electron chi connectivity index (χ3n) is 4.19. The predicted octanol–water partition coefficient (Wildman–Crippen LogP) is 1.99. The standard InChI is InChI=1S/C16H19ClN2O3/c17-11-3-5-12(6-4-11)19-8-7-14(16(19)21)15(20)18-10-13-2-1-9-22-13/h3-6,13-14H,1-2,7-10H2,(H,18,20). The molecule has 118 valence electrons. The number of ether oxygens (including phenoxy) is 1. The van der Waals surface area contributed by atoms with E-state index in [-0.39, 0.29) is 17.9 Å². The molecule has 1 aromatic carbocycles. The van der Waals surface area contributed by atoms with Crippen LogP contribution in [0.2, 0.25) is 5.02 Å². The van der Waals surface area contributed by atoms with Gasteiger partial charge < -0.3 is 15.0 Å². The number of amides is 2. The summed E-state index contributed by atoms with van der Waals surface area (Å²) < 4.78 is 5.47. The van der Waals surface area contributed by atoms with Crippen molar-refractivity contribution in [3.63, 3.8) is 0 Å². The Kier molecular flexibility index (Phi) is 4.64. The quantitative estimate of drug-likeness (QED) is 0.862. The third kappa shape index (κ3) is 3.25. The van der Waals surface area contributed by atoms with E-state index in [9.17, 15) is 9.59 Å². The van der Waals surface area contributed by atoms with Gasteiger partial charge in [0.15, 0.2) is 0 Å². The highest BCUT2D eigenvalue weighted by Crippen LogP contribution is 2.26. The van der Waals surface area contributed by atoms with Crippen molar-refractivity contribution in [2.75, 3.05) is 24.6 Å². The van der Waals surface area contributed by atoms with Crippen molar-refractivity contribution in [3.8, 4) is 0 Å². The fourth-order valence-corrected chi connectivity index (χ4v) is 3.07. The van der Waals surface area contributed by atoms with E-state index in [4.69, 9.17) is 16.3 Å². The van der Waals surface area contributed by atoms with Gasteiger partial charge >= 0.3 is 0 Å². The van der Waals surface area contributed by atoms with Gasteiger partial charge in [-0.05, 0) is 43.5 Å². The summed E-state index contributed by atoms with van der Waals surface area (Å²) in [5.41, 5.74) is 0.781. The largest absolute Gasteiger partial charge is 0.376 e. The van der Waals surface area contributed by atoms with E-state index >= 15 is 0 Å². The average molecular weight is 323 g/mol. The molecule has 0 aliphatic carbocycles. The van der Waals surface area contributed by atoms with Crippen LogP contribution in [0.5, 0.6) is 0 Å². The van der Waals surface area contributed by atoms with Crippen LogP contribution < -0.4 is 10.2 Å². The Hall–Kier alpha value is -1.59. The number of nitrogens with one attached hydrogen (secondary N) is 1. The molecule has 2 atom stereocenters. The monoisotopic (exact) mass is 322 g/mol. The van der Waals surface area contributed by atoms with Crippen molar-refractivity contribution in [2.45, 2.75) is 25.4 Å². The Balaban J connectivity index is 1.58. The molecule has 0 spiro atoms. The van der Waals surface area contributed by atoms with E-state index in [1.54, 1.807) is 29.2 Å². The molecule has 0 aromatic heterocycles. The van der Waals surface area contributed by atoms with Crippen LogP contribution in [0, 0.1) is 5.92 Å². The minimum absolute atomic E-state index is 0.0906. The van der Waals surface area contributed by atoms with Crippen LogP contribution >= 0.6 is 11.6 Å². The van der Waals surface area contributed by atoms with E-state index in [0.717, 1.165) is 25.1 Å². The molecule has 2 unspecified atom stereocenters. The maximum Gasteiger partial charge on any atom is 0.239 e. The van der Waals surface area contributed by atoms with Gasteiger partial charge in [0.1, 0.15) is 5.92 Å². The molecule has 1 N–H and O–H groups in total. The number of carbonyl (C=O) groups is 2. The van der Waals surface area contributed by atoms with Gasteiger partial charge in [-0.15, -0.1) is 0 Å². The summed E-state index contributed by atoms with van der Waals surface area (Å²) in [5, 5.41) is 3.47. The molecule has 2 amide bonds. The summed E-state index contributed by atoms with van der Waals surface area (Å²) in [4.78, 5) is 26.3. The minimum atomic E-state index is -0.600. The molecule has 2 fully saturated rings. The average Bonchev–Trinajstić information content (AvgIpc) is 3.15. The van der Waals surface area contributed by atoms with Crippen molar-refractivity contribution in [2.24, 2.45) is 5.92 Å². The molecule has 0 saturated carbocycles. The zero-order valence-corrected chi connectivity index (χ0v) is 13.0. The minimum Gasteiger partial charge on any atom is -0.376 e. The summed E-state index contributed by atoms with van der Waals surface area (Å²) in [6.45, 7) is 1.80. The Bertz CT molecular complexity index is 555. The smallest absolute Gasteiger partial charge is 0.239 e. The van der Waals surface area contributed by atoms with Crippen LogP contribution in [0.15, 0.2) is 24.3 Å². The molecule has 3 rings (SSSR count). The van der Waals surface area contributed by atoms with Crippen LogP contribution in [-0.2, 0) is 14.3 Å². The van der Waals surface area contributed by atoms with Crippen LogP contribution in [-0.4, -0.2) is 37.6 Å². The Morgan fingerprint density at radius 2 is 2.09 bits per heavy atom. The van der Waals surface area contributed by atoms with Gasteiger partial charge in [0, 0.05) is 30.4 Å². The maximum absolute atomic E-state index is 12.4. The first-order chi connectivity index (χ1) is 10.6. The Morgan fingerprint density at radius 1 is 1.32 bits per heavy atom. The molecule has 2 heterocycles. The SMILES string of the molecule is O=C(NCC1CCCO1)C1CCN(c2ccc(Cl)cc2)C1=O. The number of carbonyl (C=O) groups excluding carboxylic acids is 2. The lowest BCUT2D eigenvalue weighted by Crippen LogP contribution is -2.39. The number of halogens is 1. The summed E-state index contributed by atoms with van der Waals surface area (Å²) in [5.74, 6) is -0.943. The van der Waals surface area contributed by atoms with E-state index in [0.29, 0.717) is 24.5 Å². The molecule has 0 bridgehead atoms. The summed E-state index contributed by atoms with van der Waals surface area (Å²) >= 11 is 5.86. The van der Waals surface area contributed by atoms with Gasteiger partial charge in [-0.2, -0.15) is 0 Å². The number of nitrogens with zero attached hydrogens (tertiary/aromatic N) is 1. The zero-order valence-electron chi connectivity index (χ0n) is 12.3. The number of hydrogen-bond donors (Lipinski definition) is 1. The highest BCUT2D eigenvalue weighted by Gasteiger charge is 2.37. The highest BCUT2D eigenvalue weighted by atomic mass is 35.5. The number of hydrogen-bond acceptors (Lipinski definition) is 3. The van der Waals surface area contributed by atoms with Crippen LogP contribution in [0.25, 0.3) is 0 Å². The molecule has 2 aliphatic heterocycles. The molecule has 6 heteroatoms. The van der Waals surface area contributed by atoms with Gasteiger partial charge in [0.25, 0.3) is 0 Å². The van der Waals surface area contributed by atoms with Crippen molar-refractivity contribution < 1.29 is 14.3 Å². The van der Waals surface area contributed by atoms with Crippen LogP contribution in [0.1, 0.15) is 19.3 Å². The fraction of sp³-hybridized carbons (Fsp3) is 0.500. The normalized spacial score (nSPS) is 24.8. The van der Waals surface area contributed by atoms with Gasteiger partial charge in [-0.3, -0.25) is 9.59 Å². The van der Waals surface area contributed by atoms with Gasteiger partial charge in [-0.1, -0.05) is 11.6 Å². The van der Waals surface area contributed by atoms with Gasteiger partial charge in [0.05, 0.1) is 6.10 Å². The number of benzene rings is 1. The lowest BCUT2D eigenvalue weighted by Gasteiger charge is -2.17. The Morgan fingerprint density at radius 3 is 2.77 bits per heavy atom. The van der Waals surface area contributed by atoms with E-state index in [1.807, 2.05) is 0 Å². The zero-order chi connectivity index (χ0) is 15.5. The maximum atomic E-state index is 12.4. The highest BCUT2D eigenvalue weighted by molar-refractivity contribution is 6.30. The van der Waals surface area contributed by atoms with Gasteiger partial charge in [-0.25, -0.2) is 0 Å². The van der Waals surface area contributed by atoms with Crippen LogP contribution in [0.4, 0.5) is 5.69 Å². The third-order valence-corrected chi connectivity index (χ3v) is 4.44. The molecule has 5 nitrogen and oxygen atoms in total. The predicted molar refractivity (Wildman–Crippen MR) is 83.9 cm³/mol. The first-order valence-corrected chi connectivity index (χ1v) is 7.99. The van der Waals surface area contributed by atoms with E-state index < -0.39 is 5.92 Å².